The second-order valence-electron chi connectivity index (χ2n) is 6.37. The van der Waals surface area contributed by atoms with Gasteiger partial charge in [0.1, 0.15) is 5.54 Å². The molecular weight excluding hydrogens is 238 g/mol. The van der Waals surface area contributed by atoms with Crippen molar-refractivity contribution in [3.8, 4) is 6.07 Å². The van der Waals surface area contributed by atoms with Crippen LogP contribution < -0.4 is 5.32 Å². The van der Waals surface area contributed by atoms with Gasteiger partial charge in [-0.1, -0.05) is 20.8 Å². The number of nitrogens with zero attached hydrogens (tertiary/aromatic N) is 1. The van der Waals surface area contributed by atoms with E-state index in [1.807, 2.05) is 20.8 Å². The summed E-state index contributed by atoms with van der Waals surface area (Å²) in [6.07, 6.45) is -0.374. The van der Waals surface area contributed by atoms with Gasteiger partial charge in [-0.25, -0.2) is 8.78 Å². The summed E-state index contributed by atoms with van der Waals surface area (Å²) in [6, 6.07) is 2.09. The van der Waals surface area contributed by atoms with Crippen LogP contribution in [-0.2, 0) is 4.79 Å². The van der Waals surface area contributed by atoms with Crippen molar-refractivity contribution in [2.75, 3.05) is 0 Å². The molecule has 18 heavy (non-hydrogen) atoms. The Morgan fingerprint density at radius 2 is 1.89 bits per heavy atom. The highest BCUT2D eigenvalue weighted by atomic mass is 19.3. The van der Waals surface area contributed by atoms with E-state index in [4.69, 9.17) is 0 Å². The third-order valence-electron chi connectivity index (χ3n) is 3.76. The van der Waals surface area contributed by atoms with Crippen LogP contribution in [0, 0.1) is 22.7 Å². The molecule has 0 aromatic carbocycles. The van der Waals surface area contributed by atoms with Gasteiger partial charge in [0.2, 0.25) is 11.8 Å². The van der Waals surface area contributed by atoms with Gasteiger partial charge in [0.25, 0.3) is 0 Å². The minimum absolute atomic E-state index is 0.0724. The van der Waals surface area contributed by atoms with E-state index in [2.05, 4.69) is 11.4 Å². The summed E-state index contributed by atoms with van der Waals surface area (Å²) in [4.78, 5) is 11.8. The molecule has 1 aliphatic rings. The number of halogens is 2. The van der Waals surface area contributed by atoms with E-state index >= 15 is 0 Å². The maximum atomic E-state index is 12.6. The lowest BCUT2D eigenvalue weighted by molar-refractivity contribution is -0.135. The molecule has 102 valence electrons. The zero-order chi connectivity index (χ0) is 14.2. The van der Waals surface area contributed by atoms with Crippen LogP contribution in [0.5, 0.6) is 0 Å². The Hall–Kier alpha value is -1.18. The summed E-state index contributed by atoms with van der Waals surface area (Å²) in [7, 11) is 0. The van der Waals surface area contributed by atoms with E-state index in [1.165, 1.54) is 0 Å². The maximum absolute atomic E-state index is 12.6. The molecule has 1 N–H and O–H groups in total. The number of amides is 1. The van der Waals surface area contributed by atoms with Crippen LogP contribution >= 0.6 is 0 Å². The summed E-state index contributed by atoms with van der Waals surface area (Å²) in [5.41, 5.74) is -1.41. The zero-order valence-corrected chi connectivity index (χ0v) is 11.3. The third-order valence-corrected chi connectivity index (χ3v) is 3.76. The Morgan fingerprint density at radius 1 is 1.39 bits per heavy atom. The van der Waals surface area contributed by atoms with Crippen LogP contribution in [0.4, 0.5) is 8.78 Å². The molecular formula is C13H20F2N2O. The van der Waals surface area contributed by atoms with Crippen molar-refractivity contribution in [2.45, 2.75) is 58.4 Å². The quantitative estimate of drug-likeness (QED) is 0.846. The van der Waals surface area contributed by atoms with E-state index < -0.39 is 16.9 Å². The summed E-state index contributed by atoms with van der Waals surface area (Å²) in [5, 5.41) is 11.8. The van der Waals surface area contributed by atoms with Crippen LogP contribution in [0.3, 0.4) is 0 Å². The van der Waals surface area contributed by atoms with E-state index in [0.29, 0.717) is 0 Å². The van der Waals surface area contributed by atoms with E-state index in [-0.39, 0.29) is 31.1 Å². The van der Waals surface area contributed by atoms with Crippen LogP contribution in [-0.4, -0.2) is 17.4 Å². The largest absolute Gasteiger partial charge is 0.338 e. The Labute approximate surface area is 107 Å². The number of hydrogen-bond donors (Lipinski definition) is 1. The normalized spacial score (nSPS) is 22.5. The molecule has 5 heteroatoms. The van der Waals surface area contributed by atoms with Crippen LogP contribution in [0.2, 0.25) is 0 Å². The number of nitriles is 1. The Bertz CT molecular complexity index is 373. The molecule has 1 amide bonds. The van der Waals surface area contributed by atoms with Crippen LogP contribution in [0.25, 0.3) is 0 Å². The van der Waals surface area contributed by atoms with Gasteiger partial charge < -0.3 is 5.32 Å². The molecule has 3 nitrogen and oxygen atoms in total. The van der Waals surface area contributed by atoms with Gasteiger partial charge in [-0.3, -0.25) is 4.79 Å². The lowest BCUT2D eigenvalue weighted by Crippen LogP contribution is -2.54. The van der Waals surface area contributed by atoms with Gasteiger partial charge in [-0.15, -0.1) is 0 Å². The lowest BCUT2D eigenvalue weighted by atomic mass is 9.75. The fourth-order valence-corrected chi connectivity index (χ4v) is 1.90. The van der Waals surface area contributed by atoms with Gasteiger partial charge in [-0.2, -0.15) is 5.26 Å². The number of carbonyl (C=O) groups excluding carboxylic acids is 1. The van der Waals surface area contributed by atoms with Crippen molar-refractivity contribution in [2.24, 2.45) is 11.3 Å². The maximum Gasteiger partial charge on any atom is 0.248 e. The highest BCUT2D eigenvalue weighted by molar-refractivity contribution is 5.77. The van der Waals surface area contributed by atoms with Crippen LogP contribution in [0.15, 0.2) is 0 Å². The minimum atomic E-state index is -2.60. The first kappa shape index (κ1) is 14.9. The summed E-state index contributed by atoms with van der Waals surface area (Å²) in [6.45, 7) is 7.22. The highest BCUT2D eigenvalue weighted by Gasteiger charge is 2.46. The topological polar surface area (TPSA) is 52.9 Å². The number of hydrogen-bond acceptors (Lipinski definition) is 2. The van der Waals surface area contributed by atoms with Gasteiger partial charge in [0.15, 0.2) is 0 Å². The van der Waals surface area contributed by atoms with Crippen molar-refractivity contribution in [1.29, 1.82) is 5.26 Å². The standard InChI is InChI=1S/C13H20F2N2O/c1-11(2,3)12(4,8-16)17-10(18)5-9-6-13(14,15)7-9/h9H,5-7H2,1-4H3,(H,17,18). The predicted molar refractivity (Wildman–Crippen MR) is 63.9 cm³/mol. The molecule has 0 aromatic heterocycles. The second kappa shape index (κ2) is 4.49. The van der Waals surface area contributed by atoms with Crippen molar-refractivity contribution in [3.05, 3.63) is 0 Å². The number of carbonyl (C=O) groups is 1. The predicted octanol–water partition coefficient (Wildman–Crippen LogP) is 2.87. The molecule has 1 aliphatic carbocycles. The lowest BCUT2D eigenvalue weighted by Gasteiger charge is -2.38. The molecule has 1 atom stereocenters. The number of alkyl halides is 2. The van der Waals surface area contributed by atoms with Crippen molar-refractivity contribution in [1.82, 2.24) is 5.32 Å². The van der Waals surface area contributed by atoms with Crippen LogP contribution in [0.1, 0.15) is 47.0 Å². The van der Waals surface area contributed by atoms with Crippen molar-refractivity contribution >= 4 is 5.91 Å². The minimum Gasteiger partial charge on any atom is -0.338 e. The molecule has 0 radical (unpaired) electrons. The highest BCUT2D eigenvalue weighted by Crippen LogP contribution is 2.44. The number of nitrogens with one attached hydrogen (secondary N) is 1. The third kappa shape index (κ3) is 3.18. The molecule has 1 unspecified atom stereocenters. The smallest absolute Gasteiger partial charge is 0.248 e. The van der Waals surface area contributed by atoms with Gasteiger partial charge in [-0.05, 0) is 18.3 Å². The summed E-state index contributed by atoms with van der Waals surface area (Å²) < 4.78 is 25.3. The molecule has 0 saturated heterocycles. The fraction of sp³-hybridized carbons (Fsp3) is 0.846. The monoisotopic (exact) mass is 258 g/mol. The first-order valence-electron chi connectivity index (χ1n) is 6.09. The summed E-state index contributed by atoms with van der Waals surface area (Å²) >= 11 is 0. The first-order chi connectivity index (χ1) is 7.99. The molecule has 0 spiro atoms. The van der Waals surface area contributed by atoms with Crippen molar-refractivity contribution < 1.29 is 13.6 Å². The zero-order valence-electron chi connectivity index (χ0n) is 11.3. The van der Waals surface area contributed by atoms with E-state index in [0.717, 1.165) is 0 Å². The summed E-state index contributed by atoms with van der Waals surface area (Å²) in [5.74, 6) is -3.19. The average molecular weight is 258 g/mol. The molecule has 0 heterocycles. The molecule has 0 aromatic rings. The number of rotatable bonds is 3. The first-order valence-corrected chi connectivity index (χ1v) is 6.09. The van der Waals surface area contributed by atoms with Crippen molar-refractivity contribution in [3.63, 3.8) is 0 Å². The van der Waals surface area contributed by atoms with Gasteiger partial charge in [0.05, 0.1) is 6.07 Å². The second-order valence-corrected chi connectivity index (χ2v) is 6.37. The Kier molecular flexibility index (Phi) is 3.71. The molecule has 0 bridgehead atoms. The van der Waals surface area contributed by atoms with Gasteiger partial charge in [0, 0.05) is 19.3 Å². The SMILES string of the molecule is CC(C)(C)C(C)(C#N)NC(=O)CC1CC(F)(F)C1. The molecule has 0 aliphatic heterocycles. The van der Waals surface area contributed by atoms with E-state index in [1.54, 1.807) is 6.92 Å². The molecule has 1 fully saturated rings. The van der Waals surface area contributed by atoms with E-state index in [9.17, 15) is 18.8 Å². The Morgan fingerprint density at radius 3 is 2.22 bits per heavy atom. The average Bonchev–Trinajstić information content (AvgIpc) is 2.12. The Balaban J connectivity index is 2.53. The molecule has 1 rings (SSSR count). The van der Waals surface area contributed by atoms with Gasteiger partial charge >= 0.3 is 0 Å². The molecule has 1 saturated carbocycles. The fourth-order valence-electron chi connectivity index (χ4n) is 1.90.